The summed E-state index contributed by atoms with van der Waals surface area (Å²) in [4.78, 5) is 9.02. The Labute approximate surface area is 188 Å². The van der Waals surface area contributed by atoms with Crippen LogP contribution in [0.15, 0.2) is 27.8 Å². The molecule has 9 nitrogen and oxygen atoms in total. The van der Waals surface area contributed by atoms with E-state index in [1.54, 1.807) is 6.26 Å². The van der Waals surface area contributed by atoms with Gasteiger partial charge < -0.3 is 24.5 Å². The lowest BCUT2D eigenvalue weighted by molar-refractivity contribution is 0.0171. The number of aliphatic imine (C=N–C) groups is 1. The van der Waals surface area contributed by atoms with Gasteiger partial charge in [-0.25, -0.2) is 4.98 Å². The first-order valence-corrected chi connectivity index (χ1v) is 10.0. The second kappa shape index (κ2) is 13.5. The van der Waals surface area contributed by atoms with E-state index >= 15 is 0 Å². The Bertz CT molecular complexity index is 701. The SMILES string of the molecule is CCNC(=NCCCOCC1CCCO1)NCCc1nc(-c2ccco2)n[nH]1.I. The van der Waals surface area contributed by atoms with Crippen LogP contribution in [0.25, 0.3) is 11.6 Å². The Morgan fingerprint density at radius 2 is 2.34 bits per heavy atom. The van der Waals surface area contributed by atoms with Crippen LogP contribution < -0.4 is 10.6 Å². The third-order valence-electron chi connectivity index (χ3n) is 4.32. The van der Waals surface area contributed by atoms with Crippen LogP contribution in [0.3, 0.4) is 0 Å². The molecule has 0 bridgehead atoms. The molecular weight excluding hydrogens is 487 g/mol. The van der Waals surface area contributed by atoms with E-state index in [2.05, 4.69) is 30.8 Å². The molecule has 0 saturated carbocycles. The molecule has 0 spiro atoms. The molecule has 1 saturated heterocycles. The number of aromatic nitrogens is 3. The highest BCUT2D eigenvalue weighted by Gasteiger charge is 2.14. The number of hydrogen-bond donors (Lipinski definition) is 3. The van der Waals surface area contributed by atoms with Crippen molar-refractivity contribution in [2.24, 2.45) is 4.99 Å². The highest BCUT2D eigenvalue weighted by Crippen LogP contribution is 2.14. The summed E-state index contributed by atoms with van der Waals surface area (Å²) in [7, 11) is 0. The number of halogens is 1. The molecule has 1 aliphatic heterocycles. The van der Waals surface area contributed by atoms with Gasteiger partial charge in [-0.15, -0.1) is 24.0 Å². The molecule has 2 aromatic rings. The standard InChI is InChI=1S/C19H30N6O3.HI/c1-2-20-19(21-9-5-11-26-14-15-6-3-12-27-15)22-10-8-17-23-18(25-24-17)16-7-4-13-28-16;/h4,7,13,15H,2-3,5-6,8-12,14H2,1H3,(H2,20,21,22)(H,23,24,25);1H. The first-order valence-electron chi connectivity index (χ1n) is 10.0. The Kier molecular flexibility index (Phi) is 11.0. The van der Waals surface area contributed by atoms with Gasteiger partial charge in [0, 0.05) is 39.3 Å². The molecule has 0 amide bonds. The zero-order chi connectivity index (χ0) is 19.4. The summed E-state index contributed by atoms with van der Waals surface area (Å²) in [6, 6.07) is 3.66. The van der Waals surface area contributed by atoms with Crippen molar-refractivity contribution in [3.05, 3.63) is 24.2 Å². The van der Waals surface area contributed by atoms with Crippen molar-refractivity contribution in [3.63, 3.8) is 0 Å². The molecule has 10 heteroatoms. The zero-order valence-corrected chi connectivity index (χ0v) is 19.2. The number of H-pyrrole nitrogens is 1. The summed E-state index contributed by atoms with van der Waals surface area (Å²) in [5, 5.41) is 13.7. The quantitative estimate of drug-likeness (QED) is 0.181. The fraction of sp³-hybridized carbons (Fsp3) is 0.632. The molecule has 3 rings (SSSR count). The number of rotatable bonds is 11. The smallest absolute Gasteiger partial charge is 0.216 e. The number of furan rings is 1. The number of aromatic amines is 1. The minimum absolute atomic E-state index is 0. The maximum absolute atomic E-state index is 5.67. The monoisotopic (exact) mass is 518 g/mol. The number of ether oxygens (including phenoxy) is 2. The van der Waals surface area contributed by atoms with Crippen LogP contribution in [0.2, 0.25) is 0 Å². The van der Waals surface area contributed by atoms with Gasteiger partial charge in [-0.2, -0.15) is 5.10 Å². The van der Waals surface area contributed by atoms with Gasteiger partial charge in [0.1, 0.15) is 5.82 Å². The van der Waals surface area contributed by atoms with Crippen LogP contribution in [0.4, 0.5) is 0 Å². The zero-order valence-electron chi connectivity index (χ0n) is 16.9. The molecular formula is C19H31IN6O3. The van der Waals surface area contributed by atoms with Crippen molar-refractivity contribution in [2.75, 3.05) is 39.5 Å². The summed E-state index contributed by atoms with van der Waals surface area (Å²) in [6.07, 6.45) is 5.75. The molecule has 162 valence electrons. The molecule has 1 atom stereocenters. The average Bonchev–Trinajstić information content (AvgIpc) is 3.47. The Morgan fingerprint density at radius 1 is 1.41 bits per heavy atom. The lowest BCUT2D eigenvalue weighted by Gasteiger charge is -2.11. The van der Waals surface area contributed by atoms with Gasteiger partial charge in [0.2, 0.25) is 5.82 Å². The minimum Gasteiger partial charge on any atom is -0.461 e. The van der Waals surface area contributed by atoms with Crippen molar-refractivity contribution in [1.29, 1.82) is 0 Å². The summed E-state index contributed by atoms with van der Waals surface area (Å²) >= 11 is 0. The van der Waals surface area contributed by atoms with Crippen molar-refractivity contribution in [2.45, 2.75) is 38.7 Å². The molecule has 29 heavy (non-hydrogen) atoms. The van der Waals surface area contributed by atoms with Crippen LogP contribution in [0, 0.1) is 0 Å². The molecule has 0 aliphatic carbocycles. The normalized spacial score (nSPS) is 16.6. The fourth-order valence-corrected chi connectivity index (χ4v) is 2.91. The predicted molar refractivity (Wildman–Crippen MR) is 122 cm³/mol. The molecule has 3 heterocycles. The van der Waals surface area contributed by atoms with E-state index in [1.807, 2.05) is 19.1 Å². The van der Waals surface area contributed by atoms with Gasteiger partial charge in [0.05, 0.1) is 19.0 Å². The lowest BCUT2D eigenvalue weighted by Crippen LogP contribution is -2.38. The van der Waals surface area contributed by atoms with Gasteiger partial charge in [0.25, 0.3) is 0 Å². The maximum Gasteiger partial charge on any atom is 0.216 e. The third kappa shape index (κ3) is 8.31. The topological polar surface area (TPSA) is 110 Å². The Hall–Kier alpha value is -1.66. The van der Waals surface area contributed by atoms with Crippen molar-refractivity contribution < 1.29 is 13.9 Å². The number of hydrogen-bond acceptors (Lipinski definition) is 6. The number of nitrogens with zero attached hydrogens (tertiary/aromatic N) is 3. The van der Waals surface area contributed by atoms with Gasteiger partial charge in [-0.1, -0.05) is 0 Å². The van der Waals surface area contributed by atoms with Crippen LogP contribution in [-0.2, 0) is 15.9 Å². The fourth-order valence-electron chi connectivity index (χ4n) is 2.91. The van der Waals surface area contributed by atoms with E-state index < -0.39 is 0 Å². The Balaban J connectivity index is 0.00000300. The molecule has 2 aromatic heterocycles. The molecule has 1 fully saturated rings. The van der Waals surface area contributed by atoms with Crippen LogP contribution in [0.5, 0.6) is 0 Å². The van der Waals surface area contributed by atoms with Crippen molar-refractivity contribution in [1.82, 2.24) is 25.8 Å². The summed E-state index contributed by atoms with van der Waals surface area (Å²) in [6.45, 7) is 6.55. The first kappa shape index (κ1) is 23.6. The van der Waals surface area contributed by atoms with E-state index in [4.69, 9.17) is 13.9 Å². The summed E-state index contributed by atoms with van der Waals surface area (Å²) in [5.74, 6) is 2.83. The third-order valence-corrected chi connectivity index (χ3v) is 4.32. The second-order valence-corrected chi connectivity index (χ2v) is 6.58. The first-order chi connectivity index (χ1) is 13.8. The van der Waals surface area contributed by atoms with Gasteiger partial charge in [0.15, 0.2) is 11.7 Å². The summed E-state index contributed by atoms with van der Waals surface area (Å²) in [5.41, 5.74) is 0. The van der Waals surface area contributed by atoms with E-state index in [1.165, 1.54) is 0 Å². The maximum atomic E-state index is 5.67. The molecule has 0 aromatic carbocycles. The Morgan fingerprint density at radius 3 is 3.10 bits per heavy atom. The molecule has 1 aliphatic rings. The van der Waals surface area contributed by atoms with Crippen molar-refractivity contribution >= 4 is 29.9 Å². The lowest BCUT2D eigenvalue weighted by atomic mass is 10.2. The second-order valence-electron chi connectivity index (χ2n) is 6.58. The van der Waals surface area contributed by atoms with Gasteiger partial charge in [-0.3, -0.25) is 10.1 Å². The highest BCUT2D eigenvalue weighted by molar-refractivity contribution is 14.0. The van der Waals surface area contributed by atoms with E-state index in [0.29, 0.717) is 44.3 Å². The van der Waals surface area contributed by atoms with Gasteiger partial charge in [-0.05, 0) is 38.3 Å². The van der Waals surface area contributed by atoms with Crippen molar-refractivity contribution in [3.8, 4) is 11.6 Å². The van der Waals surface area contributed by atoms with E-state index in [0.717, 1.165) is 44.2 Å². The molecule has 1 unspecified atom stereocenters. The minimum atomic E-state index is 0. The van der Waals surface area contributed by atoms with E-state index in [9.17, 15) is 0 Å². The highest BCUT2D eigenvalue weighted by atomic mass is 127. The largest absolute Gasteiger partial charge is 0.461 e. The molecule has 3 N–H and O–H groups in total. The van der Waals surface area contributed by atoms with Crippen LogP contribution >= 0.6 is 24.0 Å². The summed E-state index contributed by atoms with van der Waals surface area (Å²) < 4.78 is 16.5. The van der Waals surface area contributed by atoms with E-state index in [-0.39, 0.29) is 30.1 Å². The van der Waals surface area contributed by atoms with Gasteiger partial charge >= 0.3 is 0 Å². The van der Waals surface area contributed by atoms with Crippen LogP contribution in [0.1, 0.15) is 32.0 Å². The molecule has 0 radical (unpaired) electrons. The number of nitrogens with one attached hydrogen (secondary N) is 3. The predicted octanol–water partition coefficient (Wildman–Crippen LogP) is 2.37. The average molecular weight is 518 g/mol. The number of guanidine groups is 1. The van der Waals surface area contributed by atoms with Crippen LogP contribution in [-0.4, -0.2) is 66.7 Å².